The predicted octanol–water partition coefficient (Wildman–Crippen LogP) is 2.69. The lowest BCUT2D eigenvalue weighted by atomic mass is 10.1. The normalized spacial score (nSPS) is 11.3. The summed E-state index contributed by atoms with van der Waals surface area (Å²) in [7, 11) is 0. The number of hydrogen-bond donors (Lipinski definition) is 4. The number of nitrogens with two attached hydrogens (primary N) is 2. The fourth-order valence-electron chi connectivity index (χ4n) is 2.01. The van der Waals surface area contributed by atoms with Gasteiger partial charge in [-0.2, -0.15) is 10.2 Å². The minimum atomic E-state index is 0.199. The second-order valence-corrected chi connectivity index (χ2v) is 4.48. The number of aryl methyl sites for hydroxylation is 1. The molecule has 8 nitrogen and oxygen atoms in total. The number of H-pyrrole nitrogens is 2. The standard InChI is InChI=1S/C13H14N8/c1-7-9(8-5-3-2-4-6-8)13(20-16-7)21-17-10-11(14)18-19-12(10)15/h2-6H,1H3,(H,16,20)(H5,14,15,18,19). The van der Waals surface area contributed by atoms with Gasteiger partial charge in [-0.1, -0.05) is 30.3 Å². The first-order valence-corrected chi connectivity index (χ1v) is 6.28. The van der Waals surface area contributed by atoms with E-state index in [2.05, 4.69) is 30.6 Å². The summed E-state index contributed by atoms with van der Waals surface area (Å²) < 4.78 is 0. The summed E-state index contributed by atoms with van der Waals surface area (Å²) in [6.07, 6.45) is 0. The van der Waals surface area contributed by atoms with E-state index in [0.717, 1.165) is 16.8 Å². The third kappa shape index (κ3) is 2.34. The van der Waals surface area contributed by atoms with Crippen LogP contribution in [-0.2, 0) is 0 Å². The summed E-state index contributed by atoms with van der Waals surface area (Å²) in [4.78, 5) is 0. The van der Waals surface area contributed by atoms with Crippen molar-refractivity contribution >= 4 is 23.1 Å². The Labute approximate surface area is 120 Å². The summed E-state index contributed by atoms with van der Waals surface area (Å²) in [6, 6.07) is 9.82. The van der Waals surface area contributed by atoms with E-state index < -0.39 is 0 Å². The lowest BCUT2D eigenvalue weighted by Crippen LogP contribution is -1.84. The predicted molar refractivity (Wildman–Crippen MR) is 80.3 cm³/mol. The highest BCUT2D eigenvalue weighted by Gasteiger charge is 2.13. The second-order valence-electron chi connectivity index (χ2n) is 4.48. The van der Waals surface area contributed by atoms with E-state index in [-0.39, 0.29) is 11.6 Å². The van der Waals surface area contributed by atoms with Crippen LogP contribution in [0.2, 0.25) is 0 Å². The average molecular weight is 282 g/mol. The molecule has 0 saturated carbocycles. The van der Waals surface area contributed by atoms with Crippen LogP contribution in [0.3, 0.4) is 0 Å². The Balaban J connectivity index is 2.02. The number of benzene rings is 1. The maximum Gasteiger partial charge on any atom is 0.203 e. The summed E-state index contributed by atoms with van der Waals surface area (Å²) in [5.74, 6) is 0.938. The number of nitrogen functional groups attached to an aromatic ring is 2. The van der Waals surface area contributed by atoms with Crippen molar-refractivity contribution in [1.82, 2.24) is 20.4 Å². The van der Waals surface area contributed by atoms with Gasteiger partial charge < -0.3 is 11.5 Å². The molecule has 3 rings (SSSR count). The Morgan fingerprint density at radius 1 is 1.00 bits per heavy atom. The summed E-state index contributed by atoms with van der Waals surface area (Å²) >= 11 is 0. The van der Waals surface area contributed by atoms with Crippen LogP contribution in [0.4, 0.5) is 23.1 Å². The van der Waals surface area contributed by atoms with E-state index in [1.165, 1.54) is 0 Å². The number of nitrogens with one attached hydrogen (secondary N) is 2. The van der Waals surface area contributed by atoms with E-state index in [4.69, 9.17) is 11.5 Å². The van der Waals surface area contributed by atoms with Gasteiger partial charge in [0.05, 0.1) is 5.56 Å². The molecule has 0 fully saturated rings. The highest BCUT2D eigenvalue weighted by Crippen LogP contribution is 2.33. The first-order chi connectivity index (χ1) is 10.2. The smallest absolute Gasteiger partial charge is 0.203 e. The Bertz CT molecular complexity index is 764. The zero-order valence-electron chi connectivity index (χ0n) is 11.3. The molecule has 21 heavy (non-hydrogen) atoms. The number of hydrogen-bond acceptors (Lipinski definition) is 6. The molecule has 1 aromatic carbocycles. The molecule has 0 unspecified atom stereocenters. The molecule has 6 N–H and O–H groups in total. The molecule has 0 saturated heterocycles. The van der Waals surface area contributed by atoms with Crippen molar-refractivity contribution in [2.45, 2.75) is 6.92 Å². The molecule has 0 aliphatic rings. The molecule has 0 radical (unpaired) electrons. The highest BCUT2D eigenvalue weighted by molar-refractivity contribution is 5.76. The van der Waals surface area contributed by atoms with Crippen molar-refractivity contribution in [2.75, 3.05) is 11.5 Å². The van der Waals surface area contributed by atoms with E-state index in [0.29, 0.717) is 11.5 Å². The number of nitrogens with zero attached hydrogens (tertiary/aromatic N) is 4. The Morgan fingerprint density at radius 3 is 2.43 bits per heavy atom. The van der Waals surface area contributed by atoms with Crippen LogP contribution in [0, 0.1) is 6.92 Å². The van der Waals surface area contributed by atoms with Gasteiger partial charge in [0.2, 0.25) is 5.82 Å². The maximum atomic E-state index is 5.68. The lowest BCUT2D eigenvalue weighted by molar-refractivity contribution is 1.03. The SMILES string of the molecule is Cc1[nH]nc(N=Nc2c(N)n[nH]c2N)c1-c1ccccc1. The molecule has 0 spiro atoms. The van der Waals surface area contributed by atoms with Crippen LogP contribution < -0.4 is 11.5 Å². The quantitative estimate of drug-likeness (QED) is 0.549. The maximum absolute atomic E-state index is 5.68. The van der Waals surface area contributed by atoms with Crippen molar-refractivity contribution in [2.24, 2.45) is 10.2 Å². The number of aromatic amines is 2. The Kier molecular flexibility index (Phi) is 3.11. The van der Waals surface area contributed by atoms with Crippen molar-refractivity contribution in [3.05, 3.63) is 36.0 Å². The van der Waals surface area contributed by atoms with Crippen LogP contribution in [-0.4, -0.2) is 20.4 Å². The van der Waals surface area contributed by atoms with E-state index >= 15 is 0 Å². The largest absolute Gasteiger partial charge is 0.382 e. The monoisotopic (exact) mass is 282 g/mol. The fourth-order valence-corrected chi connectivity index (χ4v) is 2.01. The first kappa shape index (κ1) is 12.9. The fraction of sp³-hybridized carbons (Fsp3) is 0.0769. The zero-order chi connectivity index (χ0) is 14.8. The van der Waals surface area contributed by atoms with Gasteiger partial charge in [0, 0.05) is 5.69 Å². The summed E-state index contributed by atoms with van der Waals surface area (Å²) in [5, 5.41) is 21.5. The topological polar surface area (TPSA) is 134 Å². The minimum absolute atomic E-state index is 0.199. The van der Waals surface area contributed by atoms with Crippen molar-refractivity contribution in [1.29, 1.82) is 0 Å². The number of aromatic nitrogens is 4. The van der Waals surface area contributed by atoms with Gasteiger partial charge in [-0.25, -0.2) is 0 Å². The Morgan fingerprint density at radius 2 is 1.76 bits per heavy atom. The zero-order valence-corrected chi connectivity index (χ0v) is 11.3. The van der Waals surface area contributed by atoms with Gasteiger partial charge in [0.1, 0.15) is 5.82 Å². The van der Waals surface area contributed by atoms with E-state index in [1.54, 1.807) is 0 Å². The van der Waals surface area contributed by atoms with Crippen LogP contribution in [0.1, 0.15) is 5.69 Å². The van der Waals surface area contributed by atoms with Crippen LogP contribution >= 0.6 is 0 Å². The molecule has 0 aliphatic heterocycles. The molecule has 0 atom stereocenters. The van der Waals surface area contributed by atoms with Gasteiger partial charge in [0.15, 0.2) is 11.5 Å². The van der Waals surface area contributed by atoms with Gasteiger partial charge in [0.25, 0.3) is 0 Å². The third-order valence-corrected chi connectivity index (χ3v) is 3.03. The molecule has 2 heterocycles. The summed E-state index contributed by atoms with van der Waals surface area (Å²) in [6.45, 7) is 1.93. The molecule has 0 aliphatic carbocycles. The van der Waals surface area contributed by atoms with Crippen molar-refractivity contribution in [3.63, 3.8) is 0 Å². The molecule has 2 aromatic heterocycles. The molecule has 0 amide bonds. The molecule has 3 aromatic rings. The number of rotatable bonds is 3. The second kappa shape index (κ2) is 5.08. The highest BCUT2D eigenvalue weighted by atomic mass is 15.3. The van der Waals surface area contributed by atoms with Crippen LogP contribution in [0.25, 0.3) is 11.1 Å². The number of anilines is 2. The lowest BCUT2D eigenvalue weighted by Gasteiger charge is -1.99. The van der Waals surface area contributed by atoms with E-state index in [9.17, 15) is 0 Å². The van der Waals surface area contributed by atoms with E-state index in [1.807, 2.05) is 37.3 Å². The van der Waals surface area contributed by atoms with Gasteiger partial charge >= 0.3 is 0 Å². The molecular formula is C13H14N8. The van der Waals surface area contributed by atoms with Gasteiger partial charge in [-0.3, -0.25) is 10.2 Å². The number of azo groups is 1. The van der Waals surface area contributed by atoms with Crippen molar-refractivity contribution < 1.29 is 0 Å². The first-order valence-electron chi connectivity index (χ1n) is 6.28. The minimum Gasteiger partial charge on any atom is -0.382 e. The van der Waals surface area contributed by atoms with Gasteiger partial charge in [-0.15, -0.1) is 10.2 Å². The molecular weight excluding hydrogens is 268 g/mol. The molecule has 8 heteroatoms. The Hall–Kier alpha value is -3.16. The van der Waals surface area contributed by atoms with Crippen LogP contribution in [0.15, 0.2) is 40.6 Å². The molecule has 0 bridgehead atoms. The van der Waals surface area contributed by atoms with Gasteiger partial charge in [-0.05, 0) is 12.5 Å². The van der Waals surface area contributed by atoms with Crippen molar-refractivity contribution in [3.8, 4) is 11.1 Å². The molecule has 106 valence electrons. The summed E-state index contributed by atoms with van der Waals surface area (Å²) in [5.41, 5.74) is 14.5. The third-order valence-electron chi connectivity index (χ3n) is 3.03. The average Bonchev–Trinajstić information content (AvgIpc) is 3.01. The van der Waals surface area contributed by atoms with Crippen LogP contribution in [0.5, 0.6) is 0 Å².